The van der Waals surface area contributed by atoms with Crippen molar-refractivity contribution in [2.24, 2.45) is 0 Å². The number of likely N-dealkylation sites (tertiary alicyclic amines) is 1. The Labute approximate surface area is 297 Å². The first-order valence-electron chi connectivity index (χ1n) is 18.3. The van der Waals surface area contributed by atoms with E-state index in [-0.39, 0.29) is 61.0 Å². The quantitative estimate of drug-likeness (QED) is 0.0475. The van der Waals surface area contributed by atoms with Crippen LogP contribution in [0.2, 0.25) is 0 Å². The van der Waals surface area contributed by atoms with E-state index in [1.54, 1.807) is 24.3 Å². The number of benzene rings is 1. The average molecular weight is 754 g/mol. The molecule has 46 heavy (non-hydrogen) atoms. The Morgan fingerprint density at radius 3 is 1.67 bits per heavy atom. The lowest BCUT2D eigenvalue weighted by atomic mass is 10.0. The lowest BCUT2D eigenvalue weighted by Crippen LogP contribution is -3.00. The Morgan fingerprint density at radius 1 is 0.739 bits per heavy atom. The highest BCUT2D eigenvalue weighted by Gasteiger charge is 2.37. The normalized spacial score (nSPS) is 15.1. The molecule has 1 saturated heterocycles. The Bertz CT molecular complexity index is 981. The van der Waals surface area contributed by atoms with E-state index in [0.29, 0.717) is 16.6 Å². The first kappa shape index (κ1) is 42.2. The lowest BCUT2D eigenvalue weighted by Gasteiger charge is -2.35. The zero-order chi connectivity index (χ0) is 32.8. The largest absolute Gasteiger partial charge is 1.00 e. The van der Waals surface area contributed by atoms with Gasteiger partial charge < -0.3 is 33.8 Å². The van der Waals surface area contributed by atoms with Crippen LogP contribution in [0, 0.1) is 0 Å². The molecule has 0 aliphatic carbocycles. The van der Waals surface area contributed by atoms with Gasteiger partial charge in [-0.3, -0.25) is 24.1 Å². The van der Waals surface area contributed by atoms with Crippen molar-refractivity contribution in [1.82, 2.24) is 10.2 Å². The fraction of sp³-hybridized carbons (Fsp3) is 0.737. The van der Waals surface area contributed by atoms with Gasteiger partial charge in [0.25, 0.3) is 11.8 Å². The SMILES string of the molecule is CCCCCCCCCCC[N+](C)(CCCCCCCCCCC)CC(=O)NC1CCC(=O)N(CC(=O)c2ccccc2)C1=O.[I-]. The summed E-state index contributed by atoms with van der Waals surface area (Å²) in [5.41, 5.74) is 0.463. The van der Waals surface area contributed by atoms with Crippen LogP contribution in [-0.4, -0.2) is 72.2 Å². The number of likely N-dealkylation sites (N-methyl/N-ethyl adjacent to an activating group) is 1. The first-order valence-corrected chi connectivity index (χ1v) is 18.3. The number of imide groups is 1. The zero-order valence-electron chi connectivity index (χ0n) is 29.3. The number of halogens is 1. The molecule has 0 bridgehead atoms. The molecule has 0 spiro atoms. The minimum atomic E-state index is -0.771. The molecule has 0 radical (unpaired) electrons. The highest BCUT2D eigenvalue weighted by Crippen LogP contribution is 2.18. The maximum Gasteiger partial charge on any atom is 0.275 e. The van der Waals surface area contributed by atoms with E-state index in [2.05, 4.69) is 26.2 Å². The standard InChI is InChI=1S/C38H63N3O4.HI/c1-4-6-8-10-12-14-16-18-23-29-41(3,30-24-19-17-15-13-11-9-7-5-2)32-36(43)39-34-27-28-37(44)40(38(34)45)31-35(42)33-25-21-20-22-26-33;/h20-22,25-26,34H,4-19,23-24,27-32H2,1-3H3;1H. The number of Topliss-reactive ketones (excluding diaryl/α,β-unsaturated/α-hetero) is 1. The van der Waals surface area contributed by atoms with E-state index in [1.165, 1.54) is 103 Å². The van der Waals surface area contributed by atoms with Crippen LogP contribution in [-0.2, 0) is 14.4 Å². The number of carbonyl (C=O) groups excluding carboxylic acids is 4. The highest BCUT2D eigenvalue weighted by molar-refractivity contribution is 6.07. The van der Waals surface area contributed by atoms with E-state index in [4.69, 9.17) is 0 Å². The van der Waals surface area contributed by atoms with Crippen molar-refractivity contribution in [3.63, 3.8) is 0 Å². The third-order valence-electron chi connectivity index (χ3n) is 9.37. The molecule has 3 amide bonds. The van der Waals surface area contributed by atoms with Gasteiger partial charge in [0.1, 0.15) is 6.04 Å². The number of piperidine rings is 1. The van der Waals surface area contributed by atoms with E-state index in [1.807, 2.05) is 6.07 Å². The molecule has 1 N–H and O–H groups in total. The smallest absolute Gasteiger partial charge is 0.275 e. The highest BCUT2D eigenvalue weighted by atomic mass is 127. The second-order valence-corrected chi connectivity index (χ2v) is 13.6. The maximum atomic E-state index is 13.4. The predicted molar refractivity (Wildman–Crippen MR) is 184 cm³/mol. The number of amides is 3. The number of ketones is 1. The van der Waals surface area contributed by atoms with E-state index in [9.17, 15) is 19.2 Å². The van der Waals surface area contributed by atoms with Crippen molar-refractivity contribution in [1.29, 1.82) is 0 Å². The molecular formula is C38H64IN3O4. The van der Waals surface area contributed by atoms with Crippen LogP contribution in [0.15, 0.2) is 30.3 Å². The number of rotatable bonds is 26. The number of carbonyl (C=O) groups is 4. The molecule has 1 aromatic carbocycles. The second kappa shape index (κ2) is 25.2. The summed E-state index contributed by atoms with van der Waals surface area (Å²) in [7, 11) is 2.19. The Morgan fingerprint density at radius 2 is 1.20 bits per heavy atom. The van der Waals surface area contributed by atoms with E-state index in [0.717, 1.165) is 30.8 Å². The van der Waals surface area contributed by atoms with E-state index >= 15 is 0 Å². The third kappa shape index (κ3) is 17.4. The van der Waals surface area contributed by atoms with Gasteiger partial charge >= 0.3 is 0 Å². The van der Waals surface area contributed by atoms with Crippen LogP contribution in [0.4, 0.5) is 0 Å². The van der Waals surface area contributed by atoms with Crippen molar-refractivity contribution >= 4 is 23.5 Å². The monoisotopic (exact) mass is 753 g/mol. The molecule has 0 saturated carbocycles. The Hall–Kier alpha value is -1.81. The molecule has 1 aliphatic heterocycles. The topological polar surface area (TPSA) is 83.6 Å². The van der Waals surface area contributed by atoms with Gasteiger partial charge in [-0.15, -0.1) is 0 Å². The van der Waals surface area contributed by atoms with Crippen LogP contribution in [0.5, 0.6) is 0 Å². The van der Waals surface area contributed by atoms with Crippen molar-refractivity contribution in [2.75, 3.05) is 33.2 Å². The van der Waals surface area contributed by atoms with Gasteiger partial charge in [-0.25, -0.2) is 0 Å². The molecule has 1 fully saturated rings. The molecule has 1 atom stereocenters. The number of nitrogens with zero attached hydrogens (tertiary/aromatic N) is 2. The summed E-state index contributed by atoms with van der Waals surface area (Å²) in [5.74, 6) is -1.26. The number of hydrogen-bond donors (Lipinski definition) is 1. The Kier molecular flexibility index (Phi) is 23.2. The maximum absolute atomic E-state index is 13.4. The van der Waals surface area contributed by atoms with E-state index < -0.39 is 11.9 Å². The molecule has 0 aromatic heterocycles. The summed E-state index contributed by atoms with van der Waals surface area (Å²) < 4.78 is 0.675. The summed E-state index contributed by atoms with van der Waals surface area (Å²) in [6.45, 7) is 6.45. The van der Waals surface area contributed by atoms with Crippen LogP contribution in [0.3, 0.4) is 0 Å². The van der Waals surface area contributed by atoms with Crippen molar-refractivity contribution in [3.8, 4) is 0 Å². The molecule has 1 aliphatic rings. The number of quaternary nitrogens is 1. The van der Waals surface area contributed by atoms with Crippen LogP contribution in [0.25, 0.3) is 0 Å². The summed E-state index contributed by atoms with van der Waals surface area (Å²) in [6, 6.07) is 7.92. The summed E-state index contributed by atoms with van der Waals surface area (Å²) >= 11 is 0. The molecule has 1 heterocycles. The van der Waals surface area contributed by atoms with Crippen LogP contribution in [0.1, 0.15) is 153 Å². The average Bonchev–Trinajstić information content (AvgIpc) is 3.03. The number of unbranched alkanes of at least 4 members (excludes halogenated alkanes) is 16. The van der Waals surface area contributed by atoms with Crippen LogP contribution >= 0.6 is 0 Å². The molecule has 7 nitrogen and oxygen atoms in total. The van der Waals surface area contributed by atoms with Gasteiger partial charge in [0.05, 0.1) is 26.7 Å². The molecule has 262 valence electrons. The van der Waals surface area contributed by atoms with Gasteiger partial charge in [0.15, 0.2) is 12.3 Å². The fourth-order valence-electron chi connectivity index (χ4n) is 6.46. The van der Waals surface area contributed by atoms with Crippen molar-refractivity contribution in [2.45, 2.75) is 148 Å². The minimum Gasteiger partial charge on any atom is -1.00 e. The zero-order valence-corrected chi connectivity index (χ0v) is 31.5. The molecule has 1 aromatic rings. The van der Waals surface area contributed by atoms with Gasteiger partial charge in [-0.2, -0.15) is 0 Å². The minimum absolute atomic E-state index is 0. The summed E-state index contributed by atoms with van der Waals surface area (Å²) in [5, 5.41) is 2.95. The predicted octanol–water partition coefficient (Wildman–Crippen LogP) is 5.02. The molecular weight excluding hydrogens is 689 g/mol. The third-order valence-corrected chi connectivity index (χ3v) is 9.37. The lowest BCUT2D eigenvalue weighted by molar-refractivity contribution is -0.902. The molecule has 2 rings (SSSR count). The van der Waals surface area contributed by atoms with Gasteiger partial charge in [0, 0.05) is 12.0 Å². The second-order valence-electron chi connectivity index (χ2n) is 13.6. The summed E-state index contributed by atoms with van der Waals surface area (Å²) in [4.78, 5) is 53.0. The fourth-order valence-corrected chi connectivity index (χ4v) is 6.46. The number of hydrogen-bond acceptors (Lipinski definition) is 4. The van der Waals surface area contributed by atoms with Gasteiger partial charge in [0.2, 0.25) is 5.91 Å². The van der Waals surface area contributed by atoms with Crippen molar-refractivity contribution in [3.05, 3.63) is 35.9 Å². The summed E-state index contributed by atoms with van der Waals surface area (Å²) in [6.07, 6.45) is 23.3. The van der Waals surface area contributed by atoms with Gasteiger partial charge in [-0.1, -0.05) is 134 Å². The van der Waals surface area contributed by atoms with Crippen molar-refractivity contribution < 1.29 is 47.6 Å². The van der Waals surface area contributed by atoms with Gasteiger partial charge in [-0.05, 0) is 32.1 Å². The molecule has 8 heteroatoms. The van der Waals surface area contributed by atoms with Crippen LogP contribution < -0.4 is 29.3 Å². The first-order chi connectivity index (χ1) is 21.8. The molecule has 1 unspecified atom stereocenters. The number of nitrogens with one attached hydrogen (secondary N) is 1. The Balaban J connectivity index is 0.0000106.